The van der Waals surface area contributed by atoms with Crippen LogP contribution in [-0.4, -0.2) is 9.78 Å². The van der Waals surface area contributed by atoms with Gasteiger partial charge in [0.25, 0.3) is 0 Å². The average Bonchev–Trinajstić information content (AvgIpc) is 2.50. The van der Waals surface area contributed by atoms with Crippen LogP contribution < -0.4 is 5.73 Å². The maximum atomic E-state index is 5.98. The number of nitrogens with zero attached hydrogens (tertiary/aromatic N) is 2. The van der Waals surface area contributed by atoms with Gasteiger partial charge in [-0.05, 0) is 31.6 Å². The first-order chi connectivity index (χ1) is 7.08. The fraction of sp³-hybridized carbons (Fsp3) is 0.750. The summed E-state index contributed by atoms with van der Waals surface area (Å²) in [6.45, 7) is 6.64. The quantitative estimate of drug-likeness (QED) is 0.769. The first kappa shape index (κ1) is 10.5. The second-order valence-electron chi connectivity index (χ2n) is 5.12. The van der Waals surface area contributed by atoms with E-state index in [1.807, 2.05) is 17.7 Å². The summed E-state index contributed by atoms with van der Waals surface area (Å²) in [4.78, 5) is 0. The monoisotopic (exact) mass is 207 g/mol. The Hall–Kier alpha value is -0.990. The third-order valence-corrected chi connectivity index (χ3v) is 3.62. The highest BCUT2D eigenvalue weighted by molar-refractivity contribution is 5.31. The second-order valence-corrected chi connectivity index (χ2v) is 5.12. The molecule has 1 heterocycles. The third kappa shape index (κ3) is 2.01. The number of rotatable bonds is 1. The summed E-state index contributed by atoms with van der Waals surface area (Å²) in [6, 6.07) is 2.47. The Morgan fingerprint density at radius 2 is 2.13 bits per heavy atom. The van der Waals surface area contributed by atoms with Gasteiger partial charge in [-0.15, -0.1) is 0 Å². The van der Waals surface area contributed by atoms with E-state index in [0.29, 0.717) is 12.0 Å². The molecule has 1 fully saturated rings. The number of aryl methyl sites for hydroxylation is 1. The summed E-state index contributed by atoms with van der Waals surface area (Å²) in [7, 11) is 0. The lowest BCUT2D eigenvalue weighted by atomic mass is 9.80. The van der Waals surface area contributed by atoms with E-state index in [9.17, 15) is 0 Å². The first-order valence-electron chi connectivity index (χ1n) is 5.89. The predicted octanol–water partition coefficient (Wildman–Crippen LogP) is 2.77. The Kier molecular flexibility index (Phi) is 2.72. The molecule has 1 aromatic rings. The number of hydrogen-bond donors (Lipinski definition) is 1. The van der Waals surface area contributed by atoms with Crippen LogP contribution in [0.1, 0.15) is 44.8 Å². The van der Waals surface area contributed by atoms with Crippen LogP contribution in [0.4, 0.5) is 5.82 Å². The summed E-state index contributed by atoms with van der Waals surface area (Å²) in [5.41, 5.74) is 7.01. The van der Waals surface area contributed by atoms with Crippen molar-refractivity contribution < 1.29 is 0 Å². The van der Waals surface area contributed by atoms with E-state index in [4.69, 9.17) is 5.73 Å². The molecule has 3 heteroatoms. The minimum atomic E-state index is 0.502. The topological polar surface area (TPSA) is 43.8 Å². The van der Waals surface area contributed by atoms with Crippen molar-refractivity contribution in [3.8, 4) is 0 Å². The number of nitrogen functional groups attached to an aromatic ring is 1. The van der Waals surface area contributed by atoms with Gasteiger partial charge in [-0.2, -0.15) is 5.10 Å². The van der Waals surface area contributed by atoms with Crippen molar-refractivity contribution in [1.82, 2.24) is 9.78 Å². The molecular weight excluding hydrogens is 186 g/mol. The standard InChI is InChI=1S/C12H21N3/c1-8-4-5-9(2)11(6-8)15-12(13)7-10(3)14-15/h7-9,11H,4-6,13H2,1-3H3. The van der Waals surface area contributed by atoms with Gasteiger partial charge in [0, 0.05) is 6.07 Å². The third-order valence-electron chi connectivity index (χ3n) is 3.62. The summed E-state index contributed by atoms with van der Waals surface area (Å²) < 4.78 is 2.04. The highest BCUT2D eigenvalue weighted by Crippen LogP contribution is 2.37. The average molecular weight is 207 g/mol. The molecule has 84 valence electrons. The highest BCUT2D eigenvalue weighted by Gasteiger charge is 2.28. The molecule has 3 atom stereocenters. The first-order valence-corrected chi connectivity index (χ1v) is 5.89. The SMILES string of the molecule is Cc1cc(N)n(C2CC(C)CCC2C)n1. The van der Waals surface area contributed by atoms with Gasteiger partial charge >= 0.3 is 0 Å². The summed E-state index contributed by atoms with van der Waals surface area (Å²) >= 11 is 0. The van der Waals surface area contributed by atoms with Gasteiger partial charge < -0.3 is 5.73 Å². The van der Waals surface area contributed by atoms with Crippen molar-refractivity contribution in [2.75, 3.05) is 5.73 Å². The van der Waals surface area contributed by atoms with E-state index < -0.39 is 0 Å². The summed E-state index contributed by atoms with van der Waals surface area (Å²) in [6.07, 6.45) is 3.86. The van der Waals surface area contributed by atoms with E-state index >= 15 is 0 Å². The zero-order chi connectivity index (χ0) is 11.0. The zero-order valence-electron chi connectivity index (χ0n) is 9.90. The maximum Gasteiger partial charge on any atom is 0.122 e. The van der Waals surface area contributed by atoms with Gasteiger partial charge in [-0.1, -0.05) is 20.3 Å². The number of aromatic nitrogens is 2. The lowest BCUT2D eigenvalue weighted by molar-refractivity contribution is 0.196. The van der Waals surface area contributed by atoms with Crippen LogP contribution in [0.25, 0.3) is 0 Å². The van der Waals surface area contributed by atoms with E-state index in [2.05, 4.69) is 18.9 Å². The van der Waals surface area contributed by atoms with Crippen LogP contribution in [0.15, 0.2) is 6.07 Å². The van der Waals surface area contributed by atoms with E-state index in [-0.39, 0.29) is 0 Å². The second kappa shape index (κ2) is 3.87. The van der Waals surface area contributed by atoms with Crippen LogP contribution in [0, 0.1) is 18.8 Å². The fourth-order valence-corrected chi connectivity index (χ4v) is 2.65. The van der Waals surface area contributed by atoms with Gasteiger partial charge in [0.1, 0.15) is 5.82 Å². The van der Waals surface area contributed by atoms with Crippen LogP contribution in [0.2, 0.25) is 0 Å². The van der Waals surface area contributed by atoms with Crippen molar-refractivity contribution in [3.05, 3.63) is 11.8 Å². The van der Waals surface area contributed by atoms with Gasteiger partial charge in [-0.3, -0.25) is 0 Å². The fourth-order valence-electron chi connectivity index (χ4n) is 2.65. The Morgan fingerprint density at radius 1 is 1.40 bits per heavy atom. The van der Waals surface area contributed by atoms with Gasteiger partial charge in [0.05, 0.1) is 11.7 Å². The van der Waals surface area contributed by atoms with E-state index in [1.54, 1.807) is 0 Å². The van der Waals surface area contributed by atoms with Crippen LogP contribution in [0.5, 0.6) is 0 Å². The van der Waals surface area contributed by atoms with Crippen LogP contribution in [0.3, 0.4) is 0 Å². The largest absolute Gasteiger partial charge is 0.384 e. The van der Waals surface area contributed by atoms with Crippen molar-refractivity contribution in [3.63, 3.8) is 0 Å². The van der Waals surface area contributed by atoms with Gasteiger partial charge in [0.2, 0.25) is 0 Å². The molecule has 1 aromatic heterocycles. The minimum absolute atomic E-state index is 0.502. The zero-order valence-corrected chi connectivity index (χ0v) is 9.90. The summed E-state index contributed by atoms with van der Waals surface area (Å²) in [5.74, 6) is 2.32. The maximum absolute atomic E-state index is 5.98. The lowest BCUT2D eigenvalue weighted by Gasteiger charge is -2.33. The number of nitrogens with two attached hydrogens (primary N) is 1. The normalized spacial score (nSPS) is 31.8. The van der Waals surface area contributed by atoms with E-state index in [0.717, 1.165) is 17.4 Å². The Morgan fingerprint density at radius 3 is 2.73 bits per heavy atom. The molecule has 3 unspecified atom stereocenters. The molecule has 2 N–H and O–H groups in total. The molecule has 0 amide bonds. The minimum Gasteiger partial charge on any atom is -0.384 e. The van der Waals surface area contributed by atoms with Gasteiger partial charge in [0.15, 0.2) is 0 Å². The van der Waals surface area contributed by atoms with E-state index in [1.165, 1.54) is 19.3 Å². The number of anilines is 1. The Balaban J connectivity index is 2.24. The van der Waals surface area contributed by atoms with Crippen LogP contribution >= 0.6 is 0 Å². The molecule has 1 saturated carbocycles. The molecule has 3 nitrogen and oxygen atoms in total. The molecule has 0 saturated heterocycles. The smallest absolute Gasteiger partial charge is 0.122 e. The molecule has 2 rings (SSSR count). The van der Waals surface area contributed by atoms with Crippen molar-refractivity contribution in [2.24, 2.45) is 11.8 Å². The van der Waals surface area contributed by atoms with Crippen LogP contribution in [-0.2, 0) is 0 Å². The highest BCUT2D eigenvalue weighted by atomic mass is 15.3. The van der Waals surface area contributed by atoms with Crippen molar-refractivity contribution >= 4 is 5.82 Å². The van der Waals surface area contributed by atoms with Crippen molar-refractivity contribution in [1.29, 1.82) is 0 Å². The molecule has 0 bridgehead atoms. The number of hydrogen-bond acceptors (Lipinski definition) is 2. The Labute approximate surface area is 91.7 Å². The molecule has 0 spiro atoms. The molecule has 1 aliphatic rings. The molecule has 0 radical (unpaired) electrons. The molecule has 0 aliphatic heterocycles. The van der Waals surface area contributed by atoms with Gasteiger partial charge in [-0.25, -0.2) is 4.68 Å². The molecule has 15 heavy (non-hydrogen) atoms. The summed E-state index contributed by atoms with van der Waals surface area (Å²) in [5, 5.41) is 4.51. The predicted molar refractivity (Wildman–Crippen MR) is 62.6 cm³/mol. The molecule has 0 aromatic carbocycles. The molecule has 1 aliphatic carbocycles. The Bertz CT molecular complexity index is 343. The lowest BCUT2D eigenvalue weighted by Crippen LogP contribution is -2.26. The van der Waals surface area contributed by atoms with Crippen molar-refractivity contribution in [2.45, 2.75) is 46.1 Å². The molecular formula is C12H21N3.